The Labute approximate surface area is 299 Å². The highest BCUT2D eigenvalue weighted by atomic mass is 16.2. The number of nitrogens with zero attached hydrogens (tertiary/aromatic N) is 3. The number of carbonyl (C=O) groups excluding carboxylic acids is 3. The summed E-state index contributed by atoms with van der Waals surface area (Å²) in [4.78, 5) is 49.3. The van der Waals surface area contributed by atoms with Crippen molar-refractivity contribution in [2.75, 3.05) is 13.1 Å². The minimum atomic E-state index is -1.14. The third kappa shape index (κ3) is 9.00. The Morgan fingerprint density at radius 3 is 1.90 bits per heavy atom. The van der Waals surface area contributed by atoms with E-state index in [0.29, 0.717) is 23.1 Å². The van der Waals surface area contributed by atoms with Gasteiger partial charge in [-0.25, -0.2) is 0 Å². The lowest BCUT2D eigenvalue weighted by Crippen LogP contribution is -2.45. The maximum atomic E-state index is 14.9. The van der Waals surface area contributed by atoms with Gasteiger partial charge in [-0.05, 0) is 48.7 Å². The summed E-state index contributed by atoms with van der Waals surface area (Å²) >= 11 is 0. The molecule has 2 amide bonds. The maximum Gasteiger partial charge on any atom is 0.255 e. The molecule has 254 valence electrons. The summed E-state index contributed by atoms with van der Waals surface area (Å²) in [5.74, 6) is -1.37. The molecule has 5 aromatic rings. The summed E-state index contributed by atoms with van der Waals surface area (Å²) in [7, 11) is 0. The zero-order chi connectivity index (χ0) is 36.0. The van der Waals surface area contributed by atoms with Crippen molar-refractivity contribution in [3.05, 3.63) is 190 Å². The van der Waals surface area contributed by atoms with Crippen LogP contribution in [0.2, 0.25) is 0 Å². The fourth-order valence-corrected chi connectivity index (χ4v) is 6.15. The van der Waals surface area contributed by atoms with Gasteiger partial charge in [0.05, 0.1) is 17.2 Å². The van der Waals surface area contributed by atoms with E-state index >= 15 is 0 Å². The first-order valence-electron chi connectivity index (χ1n) is 17.0. The highest BCUT2D eigenvalue weighted by Crippen LogP contribution is 2.29. The van der Waals surface area contributed by atoms with Crippen LogP contribution in [0.15, 0.2) is 156 Å². The van der Waals surface area contributed by atoms with Gasteiger partial charge < -0.3 is 10.2 Å². The molecule has 7 nitrogen and oxygen atoms in total. The lowest BCUT2D eigenvalue weighted by atomic mass is 9.91. The van der Waals surface area contributed by atoms with E-state index in [0.717, 1.165) is 16.8 Å². The fraction of sp³-hybridized carbons (Fsp3) is 0.159. The molecule has 1 atom stereocenters. The van der Waals surface area contributed by atoms with Gasteiger partial charge in [0.25, 0.3) is 5.91 Å². The molecule has 7 heteroatoms. The summed E-state index contributed by atoms with van der Waals surface area (Å²) in [6, 6.07) is 43.2. The number of allylic oxidation sites excluding steroid dienone is 1. The molecular weight excluding hydrogens is 633 g/mol. The van der Waals surface area contributed by atoms with Crippen molar-refractivity contribution in [1.82, 2.24) is 10.2 Å². The van der Waals surface area contributed by atoms with E-state index < -0.39 is 17.9 Å². The Bertz CT molecular complexity index is 2010. The molecular formula is C44H40N4O3. The van der Waals surface area contributed by atoms with Crippen molar-refractivity contribution in [2.45, 2.75) is 32.2 Å². The summed E-state index contributed by atoms with van der Waals surface area (Å²) in [5.41, 5.74) is 4.48. The molecule has 0 aliphatic rings. The van der Waals surface area contributed by atoms with E-state index in [1.165, 1.54) is 4.90 Å². The normalized spacial score (nSPS) is 11.9. The van der Waals surface area contributed by atoms with Gasteiger partial charge >= 0.3 is 0 Å². The second kappa shape index (κ2) is 17.8. The second-order valence-corrected chi connectivity index (χ2v) is 11.9. The van der Waals surface area contributed by atoms with Crippen molar-refractivity contribution >= 4 is 23.8 Å². The first-order chi connectivity index (χ1) is 24.9. The molecule has 1 unspecified atom stereocenters. The second-order valence-electron chi connectivity index (χ2n) is 11.9. The quantitative estimate of drug-likeness (QED) is 0.0947. The summed E-state index contributed by atoms with van der Waals surface area (Å²) in [6.07, 6.45) is 3.90. The molecule has 0 aliphatic carbocycles. The van der Waals surface area contributed by atoms with Crippen LogP contribution < -0.4 is 5.32 Å². The van der Waals surface area contributed by atoms with Crippen LogP contribution in [0.25, 0.3) is 0 Å². The minimum Gasteiger partial charge on any atom is -0.353 e. The van der Waals surface area contributed by atoms with Gasteiger partial charge in [-0.3, -0.25) is 19.4 Å². The molecule has 0 aliphatic heterocycles. The highest BCUT2D eigenvalue weighted by Gasteiger charge is 2.34. The Morgan fingerprint density at radius 1 is 0.745 bits per heavy atom. The van der Waals surface area contributed by atoms with Crippen LogP contribution in [0.1, 0.15) is 80.8 Å². The van der Waals surface area contributed by atoms with Crippen molar-refractivity contribution in [1.29, 1.82) is 5.26 Å². The van der Waals surface area contributed by atoms with Crippen molar-refractivity contribution in [2.24, 2.45) is 4.99 Å². The number of hydrogen-bond acceptors (Lipinski definition) is 5. The third-order valence-electron chi connectivity index (χ3n) is 8.71. The summed E-state index contributed by atoms with van der Waals surface area (Å²) < 4.78 is 0. The molecule has 0 fully saturated rings. The number of nitrogens with one attached hydrogen (secondary N) is 1. The standard InChI is InChI=1S/C44H40N4O3/c1-3-37(46-4-2)27-28-48(44(51)39-26-15-14-25-38(39)42(49)35-22-12-7-13-23-35)41(36-24-16-17-32(29-36)30-45)43(50)47-31-40(33-18-8-5-9-19-33)34-20-10-6-11-21-34/h3-26,29,40-41H,27-28,31H2,1-2H3,(H,47,50)/b37-3-,46-4?. The molecule has 5 aromatic carbocycles. The van der Waals surface area contributed by atoms with E-state index in [2.05, 4.69) is 16.4 Å². The topological polar surface area (TPSA) is 103 Å². The van der Waals surface area contributed by atoms with E-state index in [-0.39, 0.29) is 35.9 Å². The molecule has 51 heavy (non-hydrogen) atoms. The number of amides is 2. The Balaban J connectivity index is 1.59. The number of ketones is 1. The minimum absolute atomic E-state index is 0.110. The third-order valence-corrected chi connectivity index (χ3v) is 8.71. The van der Waals surface area contributed by atoms with Crippen LogP contribution in [0.5, 0.6) is 0 Å². The summed E-state index contributed by atoms with van der Waals surface area (Å²) in [6.45, 7) is 4.06. The predicted octanol–water partition coefficient (Wildman–Crippen LogP) is 8.31. The van der Waals surface area contributed by atoms with Crippen molar-refractivity contribution in [3.63, 3.8) is 0 Å². The molecule has 0 saturated carbocycles. The van der Waals surface area contributed by atoms with Crippen LogP contribution in [0.4, 0.5) is 0 Å². The first-order valence-corrected chi connectivity index (χ1v) is 17.0. The van der Waals surface area contributed by atoms with Crippen molar-refractivity contribution < 1.29 is 14.4 Å². The molecule has 0 saturated heterocycles. The van der Waals surface area contributed by atoms with Gasteiger partial charge in [-0.1, -0.05) is 127 Å². The maximum absolute atomic E-state index is 14.9. The average molecular weight is 673 g/mol. The first kappa shape index (κ1) is 35.9. The number of nitriles is 1. The zero-order valence-electron chi connectivity index (χ0n) is 28.8. The number of aliphatic imine (C=N–C) groups is 1. The Morgan fingerprint density at radius 2 is 1.31 bits per heavy atom. The van der Waals surface area contributed by atoms with E-state index in [4.69, 9.17) is 0 Å². The molecule has 1 N–H and O–H groups in total. The summed E-state index contributed by atoms with van der Waals surface area (Å²) in [5, 5.41) is 13.0. The molecule has 0 radical (unpaired) electrons. The van der Waals surface area contributed by atoms with Gasteiger partial charge in [0.2, 0.25) is 5.91 Å². The lowest BCUT2D eigenvalue weighted by Gasteiger charge is -2.33. The largest absolute Gasteiger partial charge is 0.353 e. The molecule has 5 rings (SSSR count). The highest BCUT2D eigenvalue weighted by molar-refractivity contribution is 6.15. The predicted molar refractivity (Wildman–Crippen MR) is 202 cm³/mol. The van der Waals surface area contributed by atoms with Crippen molar-refractivity contribution in [3.8, 4) is 6.07 Å². The fourth-order valence-electron chi connectivity index (χ4n) is 6.15. The smallest absolute Gasteiger partial charge is 0.255 e. The molecule has 0 heterocycles. The monoisotopic (exact) mass is 672 g/mol. The van der Waals surface area contributed by atoms with Crippen LogP contribution in [0, 0.1) is 11.3 Å². The van der Waals surface area contributed by atoms with E-state index in [1.807, 2.05) is 86.7 Å². The van der Waals surface area contributed by atoms with E-state index in [1.54, 1.807) is 79.0 Å². The molecule has 0 spiro atoms. The number of rotatable bonds is 14. The van der Waals surface area contributed by atoms with Gasteiger partial charge in [-0.15, -0.1) is 0 Å². The average Bonchev–Trinajstić information content (AvgIpc) is 3.19. The van der Waals surface area contributed by atoms with Gasteiger partial charge in [0.1, 0.15) is 6.04 Å². The zero-order valence-corrected chi connectivity index (χ0v) is 28.8. The lowest BCUT2D eigenvalue weighted by molar-refractivity contribution is -0.126. The Kier molecular flexibility index (Phi) is 12.6. The SMILES string of the molecule is CC=N/C(=C\C)CCN(C(=O)c1ccccc1C(=O)c1ccccc1)C(C(=O)NCC(c1ccccc1)c1ccccc1)c1cccc(C#N)c1. The number of hydrogen-bond donors (Lipinski definition) is 1. The van der Waals surface area contributed by atoms with E-state index in [9.17, 15) is 19.6 Å². The number of benzene rings is 5. The molecule has 0 bridgehead atoms. The van der Waals surface area contributed by atoms with Crippen LogP contribution >= 0.6 is 0 Å². The van der Waals surface area contributed by atoms with Crippen LogP contribution in [-0.4, -0.2) is 41.8 Å². The van der Waals surface area contributed by atoms with Crippen LogP contribution in [0.3, 0.4) is 0 Å². The van der Waals surface area contributed by atoms with Gasteiger partial charge in [0, 0.05) is 48.5 Å². The van der Waals surface area contributed by atoms with Crippen LogP contribution in [-0.2, 0) is 4.79 Å². The molecule has 0 aromatic heterocycles. The van der Waals surface area contributed by atoms with Gasteiger partial charge in [-0.2, -0.15) is 5.26 Å². The number of carbonyl (C=O) groups is 3. The van der Waals surface area contributed by atoms with Gasteiger partial charge in [0.15, 0.2) is 5.78 Å². The Hall–Kier alpha value is -6.39.